The summed E-state index contributed by atoms with van der Waals surface area (Å²) in [4.78, 5) is 15.8. The van der Waals surface area contributed by atoms with Crippen molar-refractivity contribution in [2.24, 2.45) is 0 Å². The molecule has 0 saturated heterocycles. The Balaban J connectivity index is 2.32. The standard InChI is InChI=1S/C24H28ClF3N2O6S/c1-4-5-6-11-37(33,34)30-21(31)10-8-16-7-9-18(35-15-23(2,3)32)13-20(16)36-22-19(25)12-17(14-29-22)24(26,27)28/h7-10,12-14,32H,4-6,11,15H2,1-3H3,(H,30,31)/b10-8+. The molecule has 0 bridgehead atoms. The molecule has 204 valence electrons. The van der Waals surface area contributed by atoms with E-state index in [1.165, 1.54) is 38.1 Å². The molecule has 13 heteroatoms. The van der Waals surface area contributed by atoms with Crippen LogP contribution in [0.4, 0.5) is 13.2 Å². The van der Waals surface area contributed by atoms with Crippen molar-refractivity contribution in [3.8, 4) is 17.4 Å². The van der Waals surface area contributed by atoms with Gasteiger partial charge in [-0.3, -0.25) is 4.79 Å². The predicted octanol–water partition coefficient (Wildman–Crippen LogP) is 5.35. The maximum atomic E-state index is 12.9. The number of unbranched alkanes of at least 4 members (excludes halogenated alkanes) is 2. The molecule has 1 aromatic carbocycles. The van der Waals surface area contributed by atoms with E-state index in [0.29, 0.717) is 25.1 Å². The Morgan fingerprint density at radius 1 is 1.22 bits per heavy atom. The molecule has 37 heavy (non-hydrogen) atoms. The first-order valence-corrected chi connectivity index (χ1v) is 13.2. The van der Waals surface area contributed by atoms with Gasteiger partial charge in [-0.15, -0.1) is 0 Å². The van der Waals surface area contributed by atoms with Crippen molar-refractivity contribution in [1.29, 1.82) is 0 Å². The Labute approximate surface area is 218 Å². The van der Waals surface area contributed by atoms with Crippen molar-refractivity contribution in [3.05, 3.63) is 52.7 Å². The zero-order valence-electron chi connectivity index (χ0n) is 20.4. The van der Waals surface area contributed by atoms with Crippen LogP contribution in [0.15, 0.2) is 36.5 Å². The van der Waals surface area contributed by atoms with Crippen LogP contribution in [0.5, 0.6) is 17.4 Å². The van der Waals surface area contributed by atoms with E-state index in [4.69, 9.17) is 21.1 Å². The fraction of sp³-hybridized carbons (Fsp3) is 0.417. The molecule has 0 saturated carbocycles. The third-order valence-electron chi connectivity index (χ3n) is 4.61. The van der Waals surface area contributed by atoms with Crippen LogP contribution in [0.2, 0.25) is 5.02 Å². The van der Waals surface area contributed by atoms with Gasteiger partial charge in [0.25, 0.3) is 5.91 Å². The zero-order valence-corrected chi connectivity index (χ0v) is 22.0. The van der Waals surface area contributed by atoms with Gasteiger partial charge in [-0.1, -0.05) is 31.4 Å². The fourth-order valence-electron chi connectivity index (χ4n) is 2.80. The molecule has 8 nitrogen and oxygen atoms in total. The van der Waals surface area contributed by atoms with Crippen molar-refractivity contribution in [2.75, 3.05) is 12.4 Å². The van der Waals surface area contributed by atoms with E-state index in [1.54, 1.807) is 0 Å². The Morgan fingerprint density at radius 2 is 1.92 bits per heavy atom. The lowest BCUT2D eigenvalue weighted by atomic mass is 10.1. The Hall–Kier alpha value is -2.83. The number of sulfonamides is 1. The largest absolute Gasteiger partial charge is 0.490 e. The minimum atomic E-state index is -4.65. The summed E-state index contributed by atoms with van der Waals surface area (Å²) in [5.74, 6) is -1.19. The van der Waals surface area contributed by atoms with E-state index >= 15 is 0 Å². The van der Waals surface area contributed by atoms with Gasteiger partial charge in [0.1, 0.15) is 23.1 Å². The highest BCUT2D eigenvalue weighted by atomic mass is 35.5. The molecular weight excluding hydrogens is 537 g/mol. The first-order valence-electron chi connectivity index (χ1n) is 11.2. The van der Waals surface area contributed by atoms with E-state index in [9.17, 15) is 31.5 Å². The van der Waals surface area contributed by atoms with Crippen LogP contribution < -0.4 is 14.2 Å². The number of nitrogens with one attached hydrogen (secondary N) is 1. The van der Waals surface area contributed by atoms with E-state index in [0.717, 1.165) is 12.5 Å². The molecule has 0 atom stereocenters. The van der Waals surface area contributed by atoms with Gasteiger partial charge in [0.15, 0.2) is 0 Å². The molecule has 2 rings (SSSR count). The maximum absolute atomic E-state index is 12.9. The number of ether oxygens (including phenoxy) is 2. The molecule has 1 amide bonds. The lowest BCUT2D eigenvalue weighted by molar-refractivity contribution is -0.137. The van der Waals surface area contributed by atoms with Crippen LogP contribution >= 0.6 is 11.6 Å². The second-order valence-corrected chi connectivity index (χ2v) is 11.0. The Morgan fingerprint density at radius 3 is 2.51 bits per heavy atom. The Kier molecular flexibility index (Phi) is 10.4. The van der Waals surface area contributed by atoms with Crippen LogP contribution in [-0.4, -0.2) is 42.4 Å². The first-order chi connectivity index (χ1) is 17.1. The molecular formula is C24H28ClF3N2O6S. The molecule has 0 fully saturated rings. The van der Waals surface area contributed by atoms with E-state index < -0.39 is 38.3 Å². The number of hydrogen-bond acceptors (Lipinski definition) is 7. The zero-order chi connectivity index (χ0) is 27.9. The number of benzene rings is 1. The molecule has 2 N–H and O–H groups in total. The fourth-order valence-corrected chi connectivity index (χ4v) is 4.06. The summed E-state index contributed by atoms with van der Waals surface area (Å²) < 4.78 is 76.0. The number of halogens is 4. The number of amides is 1. The number of pyridine rings is 1. The van der Waals surface area contributed by atoms with Gasteiger partial charge in [-0.2, -0.15) is 13.2 Å². The van der Waals surface area contributed by atoms with Crippen molar-refractivity contribution in [2.45, 2.75) is 51.8 Å². The SMILES string of the molecule is CCCCCS(=O)(=O)NC(=O)/C=C/c1ccc(OCC(C)(C)O)cc1Oc1ncc(C(F)(F)F)cc1Cl. The van der Waals surface area contributed by atoms with Gasteiger partial charge >= 0.3 is 6.18 Å². The monoisotopic (exact) mass is 564 g/mol. The van der Waals surface area contributed by atoms with Crippen molar-refractivity contribution in [3.63, 3.8) is 0 Å². The minimum absolute atomic E-state index is 0.00254. The Bertz CT molecular complexity index is 1230. The third kappa shape index (κ3) is 10.6. The van der Waals surface area contributed by atoms with Crippen molar-refractivity contribution in [1.82, 2.24) is 9.71 Å². The van der Waals surface area contributed by atoms with Gasteiger partial charge in [0.05, 0.1) is 16.9 Å². The molecule has 1 aromatic heterocycles. The summed E-state index contributed by atoms with van der Waals surface area (Å²) in [7, 11) is -3.81. The van der Waals surface area contributed by atoms with Crippen LogP contribution in [0, 0.1) is 0 Å². The number of alkyl halides is 3. The quantitative estimate of drug-likeness (QED) is 0.264. The summed E-state index contributed by atoms with van der Waals surface area (Å²) in [6, 6.07) is 4.98. The van der Waals surface area contributed by atoms with Gasteiger partial charge in [-0.25, -0.2) is 18.1 Å². The normalized spacial score (nSPS) is 12.5. The molecule has 0 aliphatic carbocycles. The van der Waals surface area contributed by atoms with Crippen LogP contribution in [0.3, 0.4) is 0 Å². The van der Waals surface area contributed by atoms with Crippen LogP contribution in [0.25, 0.3) is 6.08 Å². The number of hydrogen-bond donors (Lipinski definition) is 2. The van der Waals surface area contributed by atoms with Crippen molar-refractivity contribution >= 4 is 33.6 Å². The number of aromatic nitrogens is 1. The topological polar surface area (TPSA) is 115 Å². The highest BCUT2D eigenvalue weighted by Crippen LogP contribution is 2.36. The molecule has 0 aliphatic heterocycles. The average Bonchev–Trinajstić information content (AvgIpc) is 2.77. The lowest BCUT2D eigenvalue weighted by Gasteiger charge is -2.18. The second-order valence-electron chi connectivity index (χ2n) is 8.74. The molecule has 1 heterocycles. The van der Waals surface area contributed by atoms with E-state index in [-0.39, 0.29) is 35.3 Å². The summed E-state index contributed by atoms with van der Waals surface area (Å²) in [5.41, 5.74) is -1.98. The summed E-state index contributed by atoms with van der Waals surface area (Å²) in [6.07, 6.45) is 0.0599. The van der Waals surface area contributed by atoms with E-state index in [1.807, 2.05) is 11.6 Å². The van der Waals surface area contributed by atoms with Gasteiger partial charge in [-0.05, 0) is 44.5 Å². The highest BCUT2D eigenvalue weighted by molar-refractivity contribution is 7.90. The number of carbonyl (C=O) groups excluding carboxylic acids is 1. The van der Waals surface area contributed by atoms with Crippen LogP contribution in [-0.2, 0) is 21.0 Å². The smallest absolute Gasteiger partial charge is 0.417 e. The number of nitrogens with zero attached hydrogens (tertiary/aromatic N) is 1. The average molecular weight is 565 g/mol. The molecule has 2 aromatic rings. The lowest BCUT2D eigenvalue weighted by Crippen LogP contribution is -2.31. The van der Waals surface area contributed by atoms with Crippen LogP contribution in [0.1, 0.15) is 51.2 Å². The van der Waals surface area contributed by atoms with E-state index in [2.05, 4.69) is 4.98 Å². The molecule has 0 unspecified atom stereocenters. The predicted molar refractivity (Wildman–Crippen MR) is 133 cm³/mol. The number of rotatable bonds is 12. The minimum Gasteiger partial charge on any atom is -0.490 e. The first kappa shape index (κ1) is 30.4. The van der Waals surface area contributed by atoms with Gasteiger partial charge in [0.2, 0.25) is 15.9 Å². The van der Waals surface area contributed by atoms with Gasteiger partial charge < -0.3 is 14.6 Å². The van der Waals surface area contributed by atoms with Gasteiger partial charge in [0, 0.05) is 23.9 Å². The van der Waals surface area contributed by atoms with Crippen molar-refractivity contribution < 1.29 is 41.0 Å². The number of carbonyl (C=O) groups is 1. The third-order valence-corrected chi connectivity index (χ3v) is 6.21. The molecule has 0 aliphatic rings. The summed E-state index contributed by atoms with van der Waals surface area (Å²) in [6.45, 7) is 4.89. The second kappa shape index (κ2) is 12.6. The molecule has 0 spiro atoms. The summed E-state index contributed by atoms with van der Waals surface area (Å²) >= 11 is 5.95. The molecule has 0 radical (unpaired) electrons. The maximum Gasteiger partial charge on any atom is 0.417 e. The highest BCUT2D eigenvalue weighted by Gasteiger charge is 2.32. The number of aliphatic hydroxyl groups is 1. The summed E-state index contributed by atoms with van der Waals surface area (Å²) in [5, 5.41) is 9.48.